The van der Waals surface area contributed by atoms with E-state index in [9.17, 15) is 4.79 Å². The number of carbonyl (C=O) groups is 1. The quantitative estimate of drug-likeness (QED) is 0.260. The van der Waals surface area contributed by atoms with Crippen molar-refractivity contribution in [1.29, 1.82) is 0 Å². The minimum Gasteiger partial charge on any atom is -0.295 e. The van der Waals surface area contributed by atoms with Crippen LogP contribution in [0.5, 0.6) is 0 Å². The van der Waals surface area contributed by atoms with Crippen molar-refractivity contribution >= 4 is 17.5 Å². The summed E-state index contributed by atoms with van der Waals surface area (Å²) in [5.74, 6) is 5.17. The standard InChI is InChI=1S/C32H46OS/c1-31-18-11-15-28(31)30-24(12-7-4-3-5-10-21-34-27-13-8-6-9-14-27)22-25-23-26(33)16-20-32(25,2)29(30)17-19-31/h6,8-9,13-14,23-24,28-30H,3-5,7,10-12,15-22H2,1-2H3/t24-,28+,29+,30+,31+,32+/m1/s1. The Bertz CT molecular complexity index is 874. The summed E-state index contributed by atoms with van der Waals surface area (Å²) in [4.78, 5) is 13.8. The molecule has 1 aromatic rings. The molecule has 0 aliphatic heterocycles. The lowest BCUT2D eigenvalue weighted by molar-refractivity contribution is -0.118. The van der Waals surface area contributed by atoms with E-state index in [1.54, 1.807) is 5.57 Å². The van der Waals surface area contributed by atoms with Crippen LogP contribution in [0.25, 0.3) is 0 Å². The van der Waals surface area contributed by atoms with Crippen molar-refractivity contribution in [3.8, 4) is 0 Å². The smallest absolute Gasteiger partial charge is 0.155 e. The molecule has 3 saturated carbocycles. The lowest BCUT2D eigenvalue weighted by Gasteiger charge is -2.60. The van der Waals surface area contributed by atoms with E-state index in [2.05, 4.69) is 50.3 Å². The van der Waals surface area contributed by atoms with E-state index in [1.807, 2.05) is 11.8 Å². The van der Waals surface area contributed by atoms with Gasteiger partial charge in [0, 0.05) is 11.3 Å². The number of unbranched alkanes of at least 4 members (excludes halogenated alkanes) is 4. The van der Waals surface area contributed by atoms with Gasteiger partial charge in [0.15, 0.2) is 5.78 Å². The zero-order valence-corrected chi connectivity index (χ0v) is 22.5. The second kappa shape index (κ2) is 10.5. The summed E-state index contributed by atoms with van der Waals surface area (Å²) < 4.78 is 0. The SMILES string of the molecule is C[C@@]12CCC[C@H]1[C@@H]1[C@H](CCCCCCCSc3ccccc3)CC3=CC(=O)CC[C@]3(C)[C@H]1CC2. The van der Waals surface area contributed by atoms with Gasteiger partial charge in [-0.2, -0.15) is 0 Å². The molecule has 4 aliphatic carbocycles. The molecule has 0 aromatic heterocycles. The van der Waals surface area contributed by atoms with Crippen molar-refractivity contribution in [2.45, 2.75) is 109 Å². The zero-order valence-electron chi connectivity index (χ0n) is 21.7. The monoisotopic (exact) mass is 478 g/mol. The fourth-order valence-corrected chi connectivity index (χ4v) is 9.67. The van der Waals surface area contributed by atoms with Crippen molar-refractivity contribution in [3.05, 3.63) is 42.0 Å². The zero-order chi connectivity index (χ0) is 23.6. The second-order valence-electron chi connectivity index (χ2n) is 12.6. The normalized spacial score (nSPS) is 37.0. The van der Waals surface area contributed by atoms with Gasteiger partial charge in [-0.3, -0.25) is 4.79 Å². The first-order chi connectivity index (χ1) is 16.5. The molecule has 0 heterocycles. The summed E-state index contributed by atoms with van der Waals surface area (Å²) in [6.45, 7) is 5.17. The molecule has 6 atom stereocenters. The Morgan fingerprint density at radius 2 is 1.71 bits per heavy atom. The lowest BCUT2D eigenvalue weighted by atomic mass is 9.45. The van der Waals surface area contributed by atoms with Gasteiger partial charge < -0.3 is 0 Å². The van der Waals surface area contributed by atoms with Crippen LogP contribution in [-0.2, 0) is 4.79 Å². The number of rotatable bonds is 9. The molecule has 1 nitrogen and oxygen atoms in total. The molecule has 5 rings (SSSR count). The Morgan fingerprint density at radius 3 is 2.56 bits per heavy atom. The fraction of sp³-hybridized carbons (Fsp3) is 0.719. The third-order valence-electron chi connectivity index (χ3n) is 10.6. The summed E-state index contributed by atoms with van der Waals surface area (Å²) >= 11 is 2.00. The van der Waals surface area contributed by atoms with E-state index in [0.29, 0.717) is 16.6 Å². The molecule has 0 amide bonds. The van der Waals surface area contributed by atoms with Gasteiger partial charge in [0.2, 0.25) is 0 Å². The van der Waals surface area contributed by atoms with Crippen LogP contribution in [-0.4, -0.2) is 11.5 Å². The molecule has 34 heavy (non-hydrogen) atoms. The van der Waals surface area contributed by atoms with Crippen LogP contribution in [0.3, 0.4) is 0 Å². The van der Waals surface area contributed by atoms with E-state index in [1.165, 1.54) is 87.7 Å². The molecule has 0 N–H and O–H groups in total. The Morgan fingerprint density at radius 1 is 0.912 bits per heavy atom. The van der Waals surface area contributed by atoms with Crippen molar-refractivity contribution in [1.82, 2.24) is 0 Å². The summed E-state index contributed by atoms with van der Waals surface area (Å²) in [5, 5.41) is 0. The molecule has 2 heteroatoms. The topological polar surface area (TPSA) is 17.1 Å². The lowest BCUT2D eigenvalue weighted by Crippen LogP contribution is -2.52. The van der Waals surface area contributed by atoms with Gasteiger partial charge in [-0.1, -0.05) is 69.7 Å². The maximum absolute atomic E-state index is 12.4. The molecule has 0 radical (unpaired) electrons. The maximum Gasteiger partial charge on any atom is 0.155 e. The number of hydrogen-bond donors (Lipinski definition) is 0. The maximum atomic E-state index is 12.4. The summed E-state index contributed by atoms with van der Waals surface area (Å²) in [7, 11) is 0. The molecule has 4 aliphatic rings. The largest absolute Gasteiger partial charge is 0.295 e. The minimum atomic E-state index is 0.315. The first-order valence-corrected chi connectivity index (χ1v) is 15.4. The number of allylic oxidation sites excluding steroid dienone is 1. The highest BCUT2D eigenvalue weighted by Gasteiger charge is 2.58. The third-order valence-corrected chi connectivity index (χ3v) is 11.7. The average Bonchev–Trinajstić information content (AvgIpc) is 3.24. The van der Waals surface area contributed by atoms with Crippen LogP contribution < -0.4 is 0 Å². The predicted molar refractivity (Wildman–Crippen MR) is 145 cm³/mol. The van der Waals surface area contributed by atoms with Gasteiger partial charge in [-0.25, -0.2) is 0 Å². The van der Waals surface area contributed by atoms with E-state index >= 15 is 0 Å². The van der Waals surface area contributed by atoms with Gasteiger partial charge in [-0.05, 0) is 110 Å². The molecule has 3 fully saturated rings. The van der Waals surface area contributed by atoms with Crippen LogP contribution in [0, 0.1) is 34.5 Å². The highest BCUT2D eigenvalue weighted by Crippen LogP contribution is 2.67. The molecule has 0 spiro atoms. The van der Waals surface area contributed by atoms with Crippen molar-refractivity contribution < 1.29 is 4.79 Å². The van der Waals surface area contributed by atoms with Crippen LogP contribution in [0.4, 0.5) is 0 Å². The first kappa shape index (κ1) is 24.7. The van der Waals surface area contributed by atoms with E-state index in [0.717, 1.165) is 36.5 Å². The van der Waals surface area contributed by atoms with Gasteiger partial charge in [0.05, 0.1) is 0 Å². The number of thioether (sulfide) groups is 1. The van der Waals surface area contributed by atoms with Crippen molar-refractivity contribution in [2.24, 2.45) is 34.5 Å². The van der Waals surface area contributed by atoms with E-state index in [-0.39, 0.29) is 0 Å². The second-order valence-corrected chi connectivity index (χ2v) is 13.8. The predicted octanol–water partition coefficient (Wildman–Crippen LogP) is 9.27. The molecule has 0 saturated heterocycles. The molecular weight excluding hydrogens is 432 g/mol. The van der Waals surface area contributed by atoms with Crippen LogP contribution >= 0.6 is 11.8 Å². The van der Waals surface area contributed by atoms with Crippen LogP contribution in [0.2, 0.25) is 0 Å². The Labute approximate surface area is 212 Å². The molecule has 1 aromatic carbocycles. The van der Waals surface area contributed by atoms with Crippen LogP contribution in [0.15, 0.2) is 46.9 Å². The highest BCUT2D eigenvalue weighted by molar-refractivity contribution is 7.99. The van der Waals surface area contributed by atoms with Crippen molar-refractivity contribution in [3.63, 3.8) is 0 Å². The number of benzene rings is 1. The first-order valence-electron chi connectivity index (χ1n) is 14.4. The van der Waals surface area contributed by atoms with Gasteiger partial charge in [0.25, 0.3) is 0 Å². The minimum absolute atomic E-state index is 0.315. The summed E-state index contributed by atoms with van der Waals surface area (Å²) in [6.07, 6.45) is 20.8. The van der Waals surface area contributed by atoms with E-state index < -0.39 is 0 Å². The van der Waals surface area contributed by atoms with Gasteiger partial charge >= 0.3 is 0 Å². The highest BCUT2D eigenvalue weighted by atomic mass is 32.2. The summed E-state index contributed by atoms with van der Waals surface area (Å²) in [5.41, 5.74) is 2.47. The number of carbonyl (C=O) groups excluding carboxylic acids is 1. The Balaban J connectivity index is 1.15. The number of ketones is 1. The molecule has 186 valence electrons. The number of hydrogen-bond acceptors (Lipinski definition) is 2. The fourth-order valence-electron chi connectivity index (χ4n) is 8.73. The van der Waals surface area contributed by atoms with Crippen molar-refractivity contribution in [2.75, 3.05) is 5.75 Å². The Kier molecular flexibility index (Phi) is 7.64. The molecular formula is C32H46OS. The van der Waals surface area contributed by atoms with E-state index in [4.69, 9.17) is 0 Å². The average molecular weight is 479 g/mol. The van der Waals surface area contributed by atoms with Gasteiger partial charge in [0.1, 0.15) is 0 Å². The van der Waals surface area contributed by atoms with Crippen LogP contribution in [0.1, 0.15) is 104 Å². The summed E-state index contributed by atoms with van der Waals surface area (Å²) in [6, 6.07) is 10.8. The van der Waals surface area contributed by atoms with Gasteiger partial charge in [-0.15, -0.1) is 11.8 Å². The third kappa shape index (κ3) is 4.95. The molecule has 0 unspecified atom stereocenters. The number of fused-ring (bicyclic) bond motifs is 5. The Hall–Kier alpha value is -1.02. The molecule has 0 bridgehead atoms.